The number of hydrogen-bond acceptors (Lipinski definition) is 4. The summed E-state index contributed by atoms with van der Waals surface area (Å²) in [7, 11) is 1.32. The first kappa shape index (κ1) is 16.5. The Balaban J connectivity index is 1.89. The maximum Gasteiger partial charge on any atom is 0.354 e. The van der Waals surface area contributed by atoms with Crippen molar-refractivity contribution in [3.63, 3.8) is 0 Å². The van der Waals surface area contributed by atoms with Crippen LogP contribution >= 0.6 is 22.9 Å². The Morgan fingerprint density at radius 1 is 1.33 bits per heavy atom. The minimum absolute atomic E-state index is 0.0143. The number of carbonyl (C=O) groups excluding carboxylic acids is 2. The van der Waals surface area contributed by atoms with Crippen LogP contribution in [0.15, 0.2) is 35.7 Å². The molecular formula is C17H15ClN2O3S. The standard InChI is InChI=1S/C17H15ClN2O3S/c1-10-12(18)4-3-5-13(10)19-15(21)9-20-14(17(22)23-2)8-11-6-7-24-16(11)20/h3-8H,9H2,1-2H3,(H,19,21). The molecule has 0 bridgehead atoms. The molecule has 0 aliphatic rings. The van der Waals surface area contributed by atoms with Gasteiger partial charge in [-0.2, -0.15) is 0 Å². The highest BCUT2D eigenvalue weighted by atomic mass is 35.5. The van der Waals surface area contributed by atoms with Crippen LogP contribution in [-0.2, 0) is 16.1 Å². The lowest BCUT2D eigenvalue weighted by atomic mass is 10.2. The second-order valence-corrected chi connectivity index (χ2v) is 6.55. The number of benzene rings is 1. The van der Waals surface area contributed by atoms with E-state index in [1.165, 1.54) is 18.4 Å². The van der Waals surface area contributed by atoms with Crippen molar-refractivity contribution in [3.8, 4) is 0 Å². The molecular weight excluding hydrogens is 348 g/mol. The van der Waals surface area contributed by atoms with Gasteiger partial charge in [0.05, 0.1) is 7.11 Å². The van der Waals surface area contributed by atoms with E-state index >= 15 is 0 Å². The highest BCUT2D eigenvalue weighted by molar-refractivity contribution is 7.16. The number of thiophene rings is 1. The highest BCUT2D eigenvalue weighted by Crippen LogP contribution is 2.27. The van der Waals surface area contributed by atoms with E-state index in [9.17, 15) is 9.59 Å². The molecule has 0 saturated heterocycles. The first-order chi connectivity index (χ1) is 11.5. The number of aromatic nitrogens is 1. The molecule has 0 radical (unpaired) electrons. The van der Waals surface area contributed by atoms with Crippen molar-refractivity contribution in [2.45, 2.75) is 13.5 Å². The summed E-state index contributed by atoms with van der Waals surface area (Å²) in [6.45, 7) is 1.85. The number of nitrogens with zero attached hydrogens (tertiary/aromatic N) is 1. The summed E-state index contributed by atoms with van der Waals surface area (Å²) in [5.74, 6) is -0.707. The fourth-order valence-electron chi connectivity index (χ4n) is 2.48. The zero-order chi connectivity index (χ0) is 17.3. The van der Waals surface area contributed by atoms with Gasteiger partial charge in [-0.05, 0) is 42.1 Å². The first-order valence-corrected chi connectivity index (χ1v) is 8.47. The van der Waals surface area contributed by atoms with E-state index in [1.54, 1.807) is 28.8 Å². The average molecular weight is 363 g/mol. The van der Waals surface area contributed by atoms with Gasteiger partial charge in [0.2, 0.25) is 5.91 Å². The minimum atomic E-state index is -0.467. The molecule has 124 valence electrons. The van der Waals surface area contributed by atoms with Crippen LogP contribution in [0.25, 0.3) is 10.2 Å². The lowest BCUT2D eigenvalue weighted by Gasteiger charge is -2.12. The number of fused-ring (bicyclic) bond motifs is 1. The maximum atomic E-state index is 12.4. The Kier molecular flexibility index (Phi) is 4.59. The van der Waals surface area contributed by atoms with Crippen LogP contribution in [0.3, 0.4) is 0 Å². The van der Waals surface area contributed by atoms with E-state index in [-0.39, 0.29) is 12.5 Å². The molecule has 3 rings (SSSR count). The van der Waals surface area contributed by atoms with Gasteiger partial charge in [-0.1, -0.05) is 17.7 Å². The SMILES string of the molecule is COC(=O)c1cc2ccsc2n1CC(=O)Nc1cccc(Cl)c1C. The fourth-order valence-corrected chi connectivity index (χ4v) is 3.55. The molecule has 1 aromatic carbocycles. The lowest BCUT2D eigenvalue weighted by molar-refractivity contribution is -0.116. The van der Waals surface area contributed by atoms with Gasteiger partial charge in [-0.15, -0.1) is 11.3 Å². The molecule has 0 spiro atoms. The Hall–Kier alpha value is -2.31. The van der Waals surface area contributed by atoms with Crippen molar-refractivity contribution in [2.24, 2.45) is 0 Å². The molecule has 5 nitrogen and oxygen atoms in total. The number of methoxy groups -OCH3 is 1. The van der Waals surface area contributed by atoms with Gasteiger partial charge in [0, 0.05) is 16.1 Å². The topological polar surface area (TPSA) is 60.3 Å². The van der Waals surface area contributed by atoms with Crippen LogP contribution in [0.2, 0.25) is 5.02 Å². The van der Waals surface area contributed by atoms with Gasteiger partial charge in [0.1, 0.15) is 17.1 Å². The second-order valence-electron chi connectivity index (χ2n) is 5.25. The number of ether oxygens (including phenoxy) is 1. The fraction of sp³-hybridized carbons (Fsp3) is 0.176. The van der Waals surface area contributed by atoms with Crippen LogP contribution in [-0.4, -0.2) is 23.6 Å². The van der Waals surface area contributed by atoms with E-state index in [0.717, 1.165) is 15.8 Å². The summed E-state index contributed by atoms with van der Waals surface area (Å²) in [6, 6.07) is 8.97. The molecule has 7 heteroatoms. The predicted molar refractivity (Wildman–Crippen MR) is 96.0 cm³/mol. The van der Waals surface area contributed by atoms with Gasteiger partial charge < -0.3 is 14.6 Å². The Morgan fingerprint density at radius 3 is 2.88 bits per heavy atom. The van der Waals surface area contributed by atoms with E-state index in [1.807, 2.05) is 18.4 Å². The number of nitrogens with one attached hydrogen (secondary N) is 1. The normalized spacial score (nSPS) is 10.8. The van der Waals surface area contributed by atoms with Gasteiger partial charge in [-0.3, -0.25) is 4.79 Å². The zero-order valence-corrected chi connectivity index (χ0v) is 14.7. The summed E-state index contributed by atoms with van der Waals surface area (Å²) < 4.78 is 6.47. The third kappa shape index (κ3) is 3.02. The molecule has 0 unspecified atom stereocenters. The number of anilines is 1. The number of amides is 1. The first-order valence-electron chi connectivity index (χ1n) is 7.21. The largest absolute Gasteiger partial charge is 0.464 e. The molecule has 1 N–H and O–H groups in total. The van der Waals surface area contributed by atoms with Crippen molar-refractivity contribution in [3.05, 3.63) is 52.0 Å². The lowest BCUT2D eigenvalue weighted by Crippen LogP contribution is -2.21. The molecule has 0 aliphatic carbocycles. The highest BCUT2D eigenvalue weighted by Gasteiger charge is 2.19. The molecule has 1 amide bonds. The summed E-state index contributed by atoms with van der Waals surface area (Å²) in [5, 5.41) is 6.25. The van der Waals surface area contributed by atoms with Crippen molar-refractivity contribution in [2.75, 3.05) is 12.4 Å². The molecule has 3 aromatic rings. The number of hydrogen-bond donors (Lipinski definition) is 1. The van der Waals surface area contributed by atoms with Crippen molar-refractivity contribution in [1.82, 2.24) is 4.57 Å². The van der Waals surface area contributed by atoms with Gasteiger partial charge in [-0.25, -0.2) is 4.79 Å². The number of esters is 1. The molecule has 0 saturated carbocycles. The number of rotatable bonds is 4. The smallest absolute Gasteiger partial charge is 0.354 e. The monoisotopic (exact) mass is 362 g/mol. The summed E-state index contributed by atoms with van der Waals surface area (Å²) >= 11 is 7.54. The van der Waals surface area contributed by atoms with Crippen molar-refractivity contribution < 1.29 is 14.3 Å². The maximum absolute atomic E-state index is 12.4. The summed E-state index contributed by atoms with van der Waals surface area (Å²) in [4.78, 5) is 25.3. The average Bonchev–Trinajstić information content (AvgIpc) is 3.14. The predicted octanol–water partition coefficient (Wildman–Crippen LogP) is 4.09. The molecule has 2 aromatic heterocycles. The molecule has 0 atom stereocenters. The van der Waals surface area contributed by atoms with E-state index in [4.69, 9.17) is 16.3 Å². The third-order valence-electron chi connectivity index (χ3n) is 3.74. The quantitative estimate of drug-likeness (QED) is 0.711. The molecule has 24 heavy (non-hydrogen) atoms. The Labute approximate surface area is 147 Å². The van der Waals surface area contributed by atoms with E-state index < -0.39 is 5.97 Å². The van der Waals surface area contributed by atoms with Crippen molar-refractivity contribution in [1.29, 1.82) is 0 Å². The van der Waals surface area contributed by atoms with Gasteiger partial charge >= 0.3 is 5.97 Å². The van der Waals surface area contributed by atoms with Crippen molar-refractivity contribution >= 4 is 50.7 Å². The summed E-state index contributed by atoms with van der Waals surface area (Å²) in [5.41, 5.74) is 1.81. The second kappa shape index (κ2) is 6.67. The third-order valence-corrected chi connectivity index (χ3v) is 5.10. The zero-order valence-electron chi connectivity index (χ0n) is 13.1. The van der Waals surface area contributed by atoms with E-state index in [0.29, 0.717) is 16.4 Å². The van der Waals surface area contributed by atoms with Crippen LogP contribution < -0.4 is 5.32 Å². The molecule has 0 fully saturated rings. The molecule has 2 heterocycles. The van der Waals surface area contributed by atoms with Crippen LogP contribution in [0.5, 0.6) is 0 Å². The van der Waals surface area contributed by atoms with Gasteiger partial charge in [0.15, 0.2) is 0 Å². The number of carbonyl (C=O) groups is 2. The Morgan fingerprint density at radius 2 is 2.12 bits per heavy atom. The molecule has 0 aliphatic heterocycles. The van der Waals surface area contributed by atoms with Gasteiger partial charge in [0.25, 0.3) is 0 Å². The van der Waals surface area contributed by atoms with Crippen LogP contribution in [0.1, 0.15) is 16.1 Å². The van der Waals surface area contributed by atoms with E-state index in [2.05, 4.69) is 5.32 Å². The summed E-state index contributed by atoms with van der Waals surface area (Å²) in [6.07, 6.45) is 0. The number of halogens is 1. The van der Waals surface area contributed by atoms with Crippen LogP contribution in [0.4, 0.5) is 5.69 Å². The minimum Gasteiger partial charge on any atom is -0.464 e. The Bertz CT molecular complexity index is 929. The van der Waals surface area contributed by atoms with Crippen LogP contribution in [0, 0.1) is 6.92 Å².